The van der Waals surface area contributed by atoms with Crippen LogP contribution < -0.4 is 10.2 Å². The van der Waals surface area contributed by atoms with E-state index in [0.29, 0.717) is 23.7 Å². The van der Waals surface area contributed by atoms with Gasteiger partial charge in [-0.2, -0.15) is 0 Å². The van der Waals surface area contributed by atoms with Crippen molar-refractivity contribution in [2.45, 2.75) is 6.42 Å². The van der Waals surface area contributed by atoms with Crippen LogP contribution in [0.25, 0.3) is 0 Å². The molecule has 1 aromatic rings. The molecule has 0 bridgehead atoms. The van der Waals surface area contributed by atoms with Crippen LogP contribution >= 0.6 is 11.6 Å². The van der Waals surface area contributed by atoms with E-state index in [1.165, 1.54) is 12.1 Å². The zero-order valence-corrected chi connectivity index (χ0v) is 11.0. The van der Waals surface area contributed by atoms with Crippen LogP contribution in [0.15, 0.2) is 18.2 Å². The van der Waals surface area contributed by atoms with Gasteiger partial charge in [0.2, 0.25) is 5.91 Å². The van der Waals surface area contributed by atoms with Crippen molar-refractivity contribution in [3.63, 3.8) is 0 Å². The predicted octanol–water partition coefficient (Wildman–Crippen LogP) is 1.61. The number of carbonyl (C=O) groups is 2. The number of carbonyl (C=O) groups excluding carboxylic acids is 1. The Morgan fingerprint density at radius 1 is 1.44 bits per heavy atom. The first-order valence-corrected chi connectivity index (χ1v) is 5.78. The molecular formula is C12H15ClN2O3. The molecule has 2 N–H and O–H groups in total. The molecule has 0 spiro atoms. The van der Waals surface area contributed by atoms with Gasteiger partial charge < -0.3 is 15.3 Å². The SMILES string of the molecule is CNC(=O)CCN(C)c1cc(Cl)ccc1C(=O)O. The molecule has 0 aliphatic carbocycles. The van der Waals surface area contributed by atoms with E-state index in [2.05, 4.69) is 5.32 Å². The van der Waals surface area contributed by atoms with Gasteiger partial charge in [0.05, 0.1) is 11.3 Å². The normalized spacial score (nSPS) is 9.94. The Balaban J connectivity index is 2.89. The van der Waals surface area contributed by atoms with Gasteiger partial charge >= 0.3 is 5.97 Å². The number of hydrogen-bond acceptors (Lipinski definition) is 3. The highest BCUT2D eigenvalue weighted by atomic mass is 35.5. The molecule has 1 amide bonds. The highest BCUT2D eigenvalue weighted by Crippen LogP contribution is 2.24. The van der Waals surface area contributed by atoms with Gasteiger partial charge in [0, 0.05) is 32.1 Å². The average Bonchev–Trinajstić information content (AvgIpc) is 2.34. The Bertz CT molecular complexity index is 463. The summed E-state index contributed by atoms with van der Waals surface area (Å²) in [6.45, 7) is 0.417. The van der Waals surface area contributed by atoms with Gasteiger partial charge in [-0.25, -0.2) is 4.79 Å². The van der Waals surface area contributed by atoms with Gasteiger partial charge in [-0.3, -0.25) is 4.79 Å². The zero-order chi connectivity index (χ0) is 13.7. The van der Waals surface area contributed by atoms with Crippen molar-refractivity contribution in [1.29, 1.82) is 0 Å². The lowest BCUT2D eigenvalue weighted by atomic mass is 10.1. The largest absolute Gasteiger partial charge is 0.478 e. The highest BCUT2D eigenvalue weighted by molar-refractivity contribution is 6.31. The quantitative estimate of drug-likeness (QED) is 0.853. The van der Waals surface area contributed by atoms with Gasteiger partial charge in [0.1, 0.15) is 0 Å². The second-order valence-corrected chi connectivity index (χ2v) is 4.25. The van der Waals surface area contributed by atoms with Crippen LogP contribution in [0.2, 0.25) is 5.02 Å². The second-order valence-electron chi connectivity index (χ2n) is 3.81. The van der Waals surface area contributed by atoms with Crippen molar-refractivity contribution in [3.05, 3.63) is 28.8 Å². The summed E-state index contributed by atoms with van der Waals surface area (Å²) in [5.41, 5.74) is 0.665. The topological polar surface area (TPSA) is 69.6 Å². The Kier molecular flexibility index (Phi) is 4.97. The lowest BCUT2D eigenvalue weighted by Crippen LogP contribution is -2.27. The van der Waals surface area contributed by atoms with Crippen LogP contribution in [0.3, 0.4) is 0 Å². The van der Waals surface area contributed by atoms with Gasteiger partial charge in [0.15, 0.2) is 0 Å². The van der Waals surface area contributed by atoms with E-state index in [9.17, 15) is 9.59 Å². The fraction of sp³-hybridized carbons (Fsp3) is 0.333. The van der Waals surface area contributed by atoms with Gasteiger partial charge in [-0.15, -0.1) is 0 Å². The Hall–Kier alpha value is -1.75. The molecule has 0 heterocycles. The maximum atomic E-state index is 11.2. The first-order chi connectivity index (χ1) is 8.45. The first kappa shape index (κ1) is 14.3. The van der Waals surface area contributed by atoms with Crippen molar-refractivity contribution in [2.24, 2.45) is 0 Å². The standard InChI is InChI=1S/C12H15ClN2O3/c1-14-11(16)5-6-15(2)10-7-8(13)3-4-9(10)12(17)18/h3-4,7H,5-6H2,1-2H3,(H,14,16)(H,17,18). The number of aromatic carboxylic acids is 1. The van der Waals surface area contributed by atoms with E-state index in [4.69, 9.17) is 16.7 Å². The fourth-order valence-electron chi connectivity index (χ4n) is 1.52. The summed E-state index contributed by atoms with van der Waals surface area (Å²) >= 11 is 5.86. The molecule has 0 saturated carbocycles. The average molecular weight is 271 g/mol. The third kappa shape index (κ3) is 3.63. The van der Waals surface area contributed by atoms with Gasteiger partial charge in [0.25, 0.3) is 0 Å². The number of benzene rings is 1. The molecule has 1 aromatic carbocycles. The Labute approximate surface area is 110 Å². The Morgan fingerprint density at radius 2 is 2.11 bits per heavy atom. The van der Waals surface area contributed by atoms with E-state index >= 15 is 0 Å². The molecule has 0 aliphatic rings. The number of nitrogens with zero attached hydrogens (tertiary/aromatic N) is 1. The van der Waals surface area contributed by atoms with Crippen molar-refractivity contribution in [2.75, 3.05) is 25.5 Å². The number of rotatable bonds is 5. The third-order valence-corrected chi connectivity index (χ3v) is 2.79. The summed E-state index contributed by atoms with van der Waals surface area (Å²) in [5, 5.41) is 12.1. The molecule has 6 heteroatoms. The van der Waals surface area contributed by atoms with Crippen LogP contribution in [-0.4, -0.2) is 37.6 Å². The van der Waals surface area contributed by atoms with Crippen molar-refractivity contribution in [1.82, 2.24) is 5.32 Å². The lowest BCUT2D eigenvalue weighted by molar-refractivity contribution is -0.120. The smallest absolute Gasteiger partial charge is 0.337 e. The molecule has 0 fully saturated rings. The van der Waals surface area contributed by atoms with Crippen LogP contribution in [0.5, 0.6) is 0 Å². The lowest BCUT2D eigenvalue weighted by Gasteiger charge is -2.21. The van der Waals surface area contributed by atoms with E-state index in [0.717, 1.165) is 0 Å². The number of nitrogens with one attached hydrogen (secondary N) is 1. The minimum atomic E-state index is -1.02. The molecule has 1 rings (SSSR count). The van der Waals surface area contributed by atoms with Crippen LogP contribution in [0, 0.1) is 0 Å². The van der Waals surface area contributed by atoms with Crippen LogP contribution in [0.1, 0.15) is 16.8 Å². The third-order valence-electron chi connectivity index (χ3n) is 2.55. The minimum Gasteiger partial charge on any atom is -0.478 e. The molecule has 0 radical (unpaired) electrons. The first-order valence-electron chi connectivity index (χ1n) is 5.40. The number of halogens is 1. The Morgan fingerprint density at radius 3 is 2.67 bits per heavy atom. The molecule has 0 atom stereocenters. The van der Waals surface area contributed by atoms with Crippen molar-refractivity contribution < 1.29 is 14.7 Å². The number of hydrogen-bond donors (Lipinski definition) is 2. The summed E-state index contributed by atoms with van der Waals surface area (Å²) < 4.78 is 0. The monoisotopic (exact) mass is 270 g/mol. The summed E-state index contributed by atoms with van der Waals surface area (Å²) in [6, 6.07) is 4.56. The summed E-state index contributed by atoms with van der Waals surface area (Å²) in [5.74, 6) is -1.12. The van der Waals surface area contributed by atoms with Crippen molar-refractivity contribution in [3.8, 4) is 0 Å². The maximum absolute atomic E-state index is 11.2. The van der Waals surface area contributed by atoms with Gasteiger partial charge in [-0.1, -0.05) is 11.6 Å². The molecule has 0 saturated heterocycles. The number of carboxylic acids is 1. The van der Waals surface area contributed by atoms with Crippen LogP contribution in [0.4, 0.5) is 5.69 Å². The van der Waals surface area contributed by atoms with E-state index in [1.807, 2.05) is 0 Å². The number of carboxylic acid groups (broad SMARTS) is 1. The predicted molar refractivity (Wildman–Crippen MR) is 70.4 cm³/mol. The molecule has 0 aliphatic heterocycles. The summed E-state index contributed by atoms with van der Waals surface area (Å²) in [6.07, 6.45) is 0.290. The molecule has 18 heavy (non-hydrogen) atoms. The minimum absolute atomic E-state index is 0.0965. The van der Waals surface area contributed by atoms with Crippen molar-refractivity contribution >= 4 is 29.2 Å². The van der Waals surface area contributed by atoms with E-state index in [1.54, 1.807) is 25.1 Å². The van der Waals surface area contributed by atoms with E-state index in [-0.39, 0.29) is 11.5 Å². The van der Waals surface area contributed by atoms with Gasteiger partial charge in [-0.05, 0) is 18.2 Å². The maximum Gasteiger partial charge on any atom is 0.337 e. The second kappa shape index (κ2) is 6.26. The number of amides is 1. The fourth-order valence-corrected chi connectivity index (χ4v) is 1.68. The molecule has 0 unspecified atom stereocenters. The summed E-state index contributed by atoms with van der Waals surface area (Å²) in [7, 11) is 3.28. The van der Waals surface area contributed by atoms with E-state index < -0.39 is 5.97 Å². The molecule has 0 aromatic heterocycles. The highest BCUT2D eigenvalue weighted by Gasteiger charge is 2.14. The zero-order valence-electron chi connectivity index (χ0n) is 10.2. The summed E-state index contributed by atoms with van der Waals surface area (Å²) in [4.78, 5) is 23.9. The molecule has 5 nitrogen and oxygen atoms in total. The molecular weight excluding hydrogens is 256 g/mol. The van der Waals surface area contributed by atoms with Crippen LogP contribution in [-0.2, 0) is 4.79 Å². The molecule has 98 valence electrons. The number of anilines is 1.